The largest absolute Gasteiger partial charge is 0.508 e. The second kappa shape index (κ2) is 4.75. The van der Waals surface area contributed by atoms with Crippen molar-refractivity contribution in [2.45, 2.75) is 19.4 Å². The van der Waals surface area contributed by atoms with Crippen LogP contribution in [0.4, 0.5) is 0 Å². The average Bonchev–Trinajstić information content (AvgIpc) is 2.80. The Hall–Kier alpha value is -1.90. The van der Waals surface area contributed by atoms with Crippen LogP contribution in [0.3, 0.4) is 0 Å². The summed E-state index contributed by atoms with van der Waals surface area (Å²) in [5.41, 5.74) is 4.25. The highest BCUT2D eigenvalue weighted by Crippen LogP contribution is 2.26. The van der Waals surface area contributed by atoms with Crippen molar-refractivity contribution < 1.29 is 5.11 Å². The number of phenolic OH excluding ortho intramolecular Hbond substituents is 1. The van der Waals surface area contributed by atoms with E-state index in [1.165, 1.54) is 0 Å². The lowest BCUT2D eigenvalue weighted by Gasteiger charge is -2.20. The van der Waals surface area contributed by atoms with Crippen LogP contribution in [-0.2, 0) is 0 Å². The lowest BCUT2D eigenvalue weighted by atomic mass is 10.0. The molecule has 16 heavy (non-hydrogen) atoms. The van der Waals surface area contributed by atoms with Crippen molar-refractivity contribution in [3.63, 3.8) is 0 Å². The van der Waals surface area contributed by atoms with Gasteiger partial charge in [0, 0.05) is 18.0 Å². The highest BCUT2D eigenvalue weighted by atomic mass is 16.3. The molecular formula is C13H16N2O. The molecule has 2 N–H and O–H groups in total. The Morgan fingerprint density at radius 3 is 2.50 bits per heavy atom. The molecule has 0 aliphatic heterocycles. The van der Waals surface area contributed by atoms with Gasteiger partial charge in [-0.25, -0.2) is 0 Å². The lowest BCUT2D eigenvalue weighted by molar-refractivity contribution is 0.459. The highest BCUT2D eigenvalue weighted by molar-refractivity contribution is 5.35. The number of rotatable bonds is 4. The van der Waals surface area contributed by atoms with Crippen LogP contribution in [-0.4, -0.2) is 9.78 Å². The predicted octanol–water partition coefficient (Wildman–Crippen LogP) is 2.89. The second-order valence-electron chi connectivity index (χ2n) is 3.74. The molecule has 0 saturated carbocycles. The highest BCUT2D eigenvalue weighted by Gasteiger charge is 2.12. The van der Waals surface area contributed by atoms with Crippen molar-refractivity contribution in [3.05, 3.63) is 54.4 Å². The molecule has 0 aliphatic rings. The summed E-state index contributed by atoms with van der Waals surface area (Å²) in [5.74, 6) is 0.342. The minimum absolute atomic E-state index is 0.119. The predicted molar refractivity (Wildman–Crippen MR) is 64.9 cm³/mol. The van der Waals surface area contributed by atoms with Gasteiger partial charge in [0.15, 0.2) is 0 Å². The SMILES string of the molecule is CCC(Nn1cccc1)c1ccccc1O. The van der Waals surface area contributed by atoms with Gasteiger partial charge in [0.1, 0.15) is 5.75 Å². The van der Waals surface area contributed by atoms with E-state index in [-0.39, 0.29) is 6.04 Å². The first-order chi connectivity index (χ1) is 7.81. The van der Waals surface area contributed by atoms with Crippen LogP contribution in [0, 0.1) is 0 Å². The Labute approximate surface area is 95.3 Å². The number of para-hydroxylation sites is 1. The molecule has 2 aromatic rings. The van der Waals surface area contributed by atoms with Crippen LogP contribution in [0.25, 0.3) is 0 Å². The van der Waals surface area contributed by atoms with Crippen molar-refractivity contribution in [3.8, 4) is 5.75 Å². The van der Waals surface area contributed by atoms with Gasteiger partial charge in [0.25, 0.3) is 0 Å². The molecule has 1 unspecified atom stereocenters. The van der Waals surface area contributed by atoms with E-state index in [9.17, 15) is 5.11 Å². The monoisotopic (exact) mass is 216 g/mol. The molecule has 0 saturated heterocycles. The van der Waals surface area contributed by atoms with Gasteiger partial charge in [0.05, 0.1) is 6.04 Å². The molecule has 84 valence electrons. The third-order valence-electron chi connectivity index (χ3n) is 2.63. The molecular weight excluding hydrogens is 200 g/mol. The summed E-state index contributed by atoms with van der Waals surface area (Å²) in [6.07, 6.45) is 4.81. The van der Waals surface area contributed by atoms with Gasteiger partial charge in [-0.05, 0) is 24.6 Å². The fraction of sp³-hybridized carbons (Fsp3) is 0.231. The summed E-state index contributed by atoms with van der Waals surface area (Å²) >= 11 is 0. The van der Waals surface area contributed by atoms with E-state index in [1.807, 2.05) is 47.4 Å². The Bertz CT molecular complexity index is 437. The summed E-state index contributed by atoms with van der Waals surface area (Å²) in [4.78, 5) is 0. The first-order valence-corrected chi connectivity index (χ1v) is 5.48. The van der Waals surface area contributed by atoms with Crippen molar-refractivity contribution in [1.29, 1.82) is 0 Å². The van der Waals surface area contributed by atoms with E-state index >= 15 is 0 Å². The minimum atomic E-state index is 0.119. The standard InChI is InChI=1S/C13H16N2O/c1-2-12(14-15-9-5-6-10-15)11-7-3-4-8-13(11)16/h3-10,12,14,16H,2H2,1H3. The number of phenols is 1. The molecule has 3 heteroatoms. The third-order valence-corrected chi connectivity index (χ3v) is 2.63. The average molecular weight is 216 g/mol. The van der Waals surface area contributed by atoms with Gasteiger partial charge in [-0.3, -0.25) is 4.68 Å². The first kappa shape index (κ1) is 10.6. The van der Waals surface area contributed by atoms with E-state index in [0.29, 0.717) is 5.75 Å². The number of hydrogen-bond acceptors (Lipinski definition) is 2. The number of hydrogen-bond donors (Lipinski definition) is 2. The molecule has 2 rings (SSSR count). The molecule has 1 aromatic heterocycles. The van der Waals surface area contributed by atoms with E-state index in [4.69, 9.17) is 0 Å². The summed E-state index contributed by atoms with van der Waals surface area (Å²) in [5, 5.41) is 9.79. The van der Waals surface area contributed by atoms with Crippen molar-refractivity contribution in [2.24, 2.45) is 0 Å². The maximum atomic E-state index is 9.79. The Kier molecular flexibility index (Phi) is 3.15. The number of benzene rings is 1. The molecule has 0 amide bonds. The third kappa shape index (κ3) is 2.19. The van der Waals surface area contributed by atoms with Gasteiger partial charge in [-0.15, -0.1) is 0 Å². The first-order valence-electron chi connectivity index (χ1n) is 5.48. The lowest BCUT2D eigenvalue weighted by Crippen LogP contribution is -2.19. The molecule has 0 spiro atoms. The van der Waals surface area contributed by atoms with E-state index in [2.05, 4.69) is 12.3 Å². The number of aromatic hydroxyl groups is 1. The molecule has 3 nitrogen and oxygen atoms in total. The minimum Gasteiger partial charge on any atom is -0.508 e. The van der Waals surface area contributed by atoms with Gasteiger partial charge in [-0.1, -0.05) is 25.1 Å². The smallest absolute Gasteiger partial charge is 0.120 e. The van der Waals surface area contributed by atoms with E-state index < -0.39 is 0 Å². The van der Waals surface area contributed by atoms with Crippen LogP contribution >= 0.6 is 0 Å². The van der Waals surface area contributed by atoms with Gasteiger partial charge < -0.3 is 10.5 Å². The summed E-state index contributed by atoms with van der Waals surface area (Å²) in [7, 11) is 0. The fourth-order valence-electron chi connectivity index (χ4n) is 1.76. The normalized spacial score (nSPS) is 12.3. The molecule has 0 radical (unpaired) electrons. The van der Waals surface area contributed by atoms with Crippen LogP contribution in [0.15, 0.2) is 48.8 Å². The summed E-state index contributed by atoms with van der Waals surface area (Å²) < 4.78 is 1.90. The molecule has 0 aliphatic carbocycles. The van der Waals surface area contributed by atoms with Gasteiger partial charge in [-0.2, -0.15) is 0 Å². The van der Waals surface area contributed by atoms with Gasteiger partial charge in [0.2, 0.25) is 0 Å². The maximum Gasteiger partial charge on any atom is 0.120 e. The zero-order valence-corrected chi connectivity index (χ0v) is 9.30. The molecule has 0 bridgehead atoms. The molecule has 0 fully saturated rings. The van der Waals surface area contributed by atoms with Crippen molar-refractivity contribution >= 4 is 0 Å². The molecule has 1 atom stereocenters. The Morgan fingerprint density at radius 1 is 1.19 bits per heavy atom. The number of nitrogens with zero attached hydrogens (tertiary/aromatic N) is 1. The van der Waals surface area contributed by atoms with E-state index in [1.54, 1.807) is 6.07 Å². The van der Waals surface area contributed by atoms with Crippen LogP contribution in [0.2, 0.25) is 0 Å². The zero-order valence-electron chi connectivity index (χ0n) is 9.30. The molecule has 1 aromatic carbocycles. The quantitative estimate of drug-likeness (QED) is 0.824. The number of aromatic nitrogens is 1. The number of nitrogens with one attached hydrogen (secondary N) is 1. The summed E-state index contributed by atoms with van der Waals surface area (Å²) in [6, 6.07) is 11.5. The Balaban J connectivity index is 2.20. The second-order valence-corrected chi connectivity index (χ2v) is 3.74. The van der Waals surface area contributed by atoms with Crippen LogP contribution in [0.5, 0.6) is 5.75 Å². The van der Waals surface area contributed by atoms with Crippen LogP contribution < -0.4 is 5.43 Å². The zero-order chi connectivity index (χ0) is 11.4. The van der Waals surface area contributed by atoms with E-state index in [0.717, 1.165) is 12.0 Å². The maximum absolute atomic E-state index is 9.79. The molecule has 1 heterocycles. The summed E-state index contributed by atoms with van der Waals surface area (Å²) in [6.45, 7) is 2.09. The topological polar surface area (TPSA) is 37.2 Å². The van der Waals surface area contributed by atoms with Crippen molar-refractivity contribution in [2.75, 3.05) is 5.43 Å². The van der Waals surface area contributed by atoms with Crippen LogP contribution in [0.1, 0.15) is 24.9 Å². The van der Waals surface area contributed by atoms with Crippen molar-refractivity contribution in [1.82, 2.24) is 4.68 Å². The van der Waals surface area contributed by atoms with Gasteiger partial charge >= 0.3 is 0 Å². The Morgan fingerprint density at radius 2 is 1.88 bits per heavy atom. The fourth-order valence-corrected chi connectivity index (χ4v) is 1.76.